The Balaban J connectivity index is 1.72. The number of hydrogen-bond acceptors (Lipinski definition) is 4. The van der Waals surface area contributed by atoms with Gasteiger partial charge in [-0.1, -0.05) is 0 Å². The van der Waals surface area contributed by atoms with Crippen LogP contribution in [0.3, 0.4) is 0 Å². The van der Waals surface area contributed by atoms with Gasteiger partial charge in [0.2, 0.25) is 0 Å². The highest BCUT2D eigenvalue weighted by atomic mass is 79.9. The molecule has 17 heavy (non-hydrogen) atoms. The molecule has 0 amide bonds. The average molecular weight is 298 g/mol. The van der Waals surface area contributed by atoms with Crippen LogP contribution in [0.15, 0.2) is 10.7 Å². The third kappa shape index (κ3) is 2.60. The summed E-state index contributed by atoms with van der Waals surface area (Å²) in [5, 5.41) is 3.49. The minimum atomic E-state index is 0.379. The number of halogens is 1. The van der Waals surface area contributed by atoms with Crippen molar-refractivity contribution < 1.29 is 4.74 Å². The molecule has 2 heterocycles. The first-order valence-electron chi connectivity index (χ1n) is 6.12. The number of ether oxygens (including phenoxy) is 1. The summed E-state index contributed by atoms with van der Waals surface area (Å²) in [5.41, 5.74) is 0. The summed E-state index contributed by atoms with van der Waals surface area (Å²) in [7, 11) is 0. The number of hydrogen-bond donors (Lipinski definition) is 1. The van der Waals surface area contributed by atoms with E-state index in [1.807, 2.05) is 13.0 Å². The highest BCUT2D eigenvalue weighted by Gasteiger charge is 2.40. The van der Waals surface area contributed by atoms with Gasteiger partial charge < -0.3 is 10.1 Å². The van der Waals surface area contributed by atoms with E-state index in [-0.39, 0.29) is 0 Å². The molecule has 2 aliphatic rings. The lowest BCUT2D eigenvalue weighted by molar-refractivity contribution is 0.0898. The molecule has 0 radical (unpaired) electrons. The van der Waals surface area contributed by atoms with Gasteiger partial charge >= 0.3 is 0 Å². The van der Waals surface area contributed by atoms with Gasteiger partial charge in [0.1, 0.15) is 16.2 Å². The number of nitrogens with zero attached hydrogens (tertiary/aromatic N) is 2. The molecule has 5 heteroatoms. The first-order valence-corrected chi connectivity index (χ1v) is 6.91. The van der Waals surface area contributed by atoms with Crippen LogP contribution in [0.4, 0.5) is 5.82 Å². The Morgan fingerprint density at radius 1 is 1.35 bits per heavy atom. The monoisotopic (exact) mass is 297 g/mol. The largest absolute Gasteiger partial charge is 0.376 e. The van der Waals surface area contributed by atoms with Crippen LogP contribution in [-0.2, 0) is 4.74 Å². The van der Waals surface area contributed by atoms with Crippen molar-refractivity contribution in [3.63, 3.8) is 0 Å². The number of anilines is 1. The van der Waals surface area contributed by atoms with Crippen LogP contribution in [-0.4, -0.2) is 28.7 Å². The zero-order chi connectivity index (χ0) is 11.8. The second-order valence-electron chi connectivity index (χ2n) is 4.84. The predicted octanol–water partition coefficient (Wildman–Crippen LogP) is 2.53. The molecule has 0 aromatic carbocycles. The van der Waals surface area contributed by atoms with Gasteiger partial charge in [0.15, 0.2) is 0 Å². The zero-order valence-corrected chi connectivity index (χ0v) is 11.4. The smallest absolute Gasteiger partial charge is 0.131 e. The molecule has 1 aromatic rings. The fourth-order valence-corrected chi connectivity index (χ4v) is 2.92. The van der Waals surface area contributed by atoms with E-state index < -0.39 is 0 Å². The Labute approximate surface area is 109 Å². The van der Waals surface area contributed by atoms with Gasteiger partial charge in [-0.25, -0.2) is 9.97 Å². The third-order valence-electron chi connectivity index (χ3n) is 3.36. The maximum absolute atomic E-state index is 5.80. The van der Waals surface area contributed by atoms with Crippen LogP contribution in [0.2, 0.25) is 0 Å². The second kappa shape index (κ2) is 4.53. The summed E-state index contributed by atoms with van der Waals surface area (Å²) in [6.07, 6.45) is 4.08. The molecule has 1 aromatic heterocycles. The lowest BCUT2D eigenvalue weighted by Gasteiger charge is -2.20. The van der Waals surface area contributed by atoms with Crippen molar-refractivity contribution >= 4 is 21.7 Å². The molecule has 1 saturated carbocycles. The SMILES string of the molecule is Cc1nc(Br)cc(NC2CCOC2C2CC2)n1. The van der Waals surface area contributed by atoms with Crippen molar-refractivity contribution in [3.8, 4) is 0 Å². The zero-order valence-electron chi connectivity index (χ0n) is 9.82. The molecule has 92 valence electrons. The molecule has 0 spiro atoms. The standard InChI is InChI=1S/C12H16BrN3O/c1-7-14-10(13)6-11(15-7)16-9-4-5-17-12(9)8-2-3-8/h6,8-9,12H,2-5H2,1H3,(H,14,15,16). The first-order chi connectivity index (χ1) is 8.22. The van der Waals surface area contributed by atoms with Gasteiger partial charge in [0.25, 0.3) is 0 Å². The Morgan fingerprint density at radius 3 is 2.88 bits per heavy atom. The Hall–Kier alpha value is -0.680. The van der Waals surface area contributed by atoms with Gasteiger partial charge in [0, 0.05) is 12.7 Å². The fraction of sp³-hybridized carbons (Fsp3) is 0.667. The second-order valence-corrected chi connectivity index (χ2v) is 5.65. The van der Waals surface area contributed by atoms with Crippen LogP contribution in [0, 0.1) is 12.8 Å². The van der Waals surface area contributed by atoms with Gasteiger partial charge in [-0.05, 0) is 48.0 Å². The lowest BCUT2D eigenvalue weighted by atomic mass is 10.1. The van der Waals surface area contributed by atoms with Crippen molar-refractivity contribution in [2.45, 2.75) is 38.3 Å². The molecule has 2 atom stereocenters. The van der Waals surface area contributed by atoms with E-state index in [9.17, 15) is 0 Å². The average Bonchev–Trinajstić information content (AvgIpc) is 2.99. The maximum Gasteiger partial charge on any atom is 0.131 e. The highest BCUT2D eigenvalue weighted by Crippen LogP contribution is 2.39. The van der Waals surface area contributed by atoms with Crippen molar-refractivity contribution in [2.24, 2.45) is 5.92 Å². The first kappa shape index (κ1) is 11.4. The van der Waals surface area contributed by atoms with Crippen LogP contribution in [0.25, 0.3) is 0 Å². The summed E-state index contributed by atoms with van der Waals surface area (Å²) in [5.74, 6) is 2.44. The predicted molar refractivity (Wildman–Crippen MR) is 69.0 cm³/mol. The summed E-state index contributed by atoms with van der Waals surface area (Å²) in [6.45, 7) is 2.77. The number of rotatable bonds is 3. The van der Waals surface area contributed by atoms with Crippen molar-refractivity contribution in [2.75, 3.05) is 11.9 Å². The molecule has 2 unspecified atom stereocenters. The quantitative estimate of drug-likeness (QED) is 0.871. The Bertz CT molecular complexity index is 402. The molecule has 1 saturated heterocycles. The third-order valence-corrected chi connectivity index (χ3v) is 3.77. The van der Waals surface area contributed by atoms with E-state index >= 15 is 0 Å². The van der Waals surface area contributed by atoms with Crippen LogP contribution in [0.1, 0.15) is 25.1 Å². The number of nitrogens with one attached hydrogen (secondary N) is 1. The molecular weight excluding hydrogens is 282 g/mol. The van der Waals surface area contributed by atoms with Crippen molar-refractivity contribution in [1.29, 1.82) is 0 Å². The van der Waals surface area contributed by atoms with E-state index in [1.165, 1.54) is 12.8 Å². The lowest BCUT2D eigenvalue weighted by Crippen LogP contribution is -2.31. The van der Waals surface area contributed by atoms with Crippen molar-refractivity contribution in [3.05, 3.63) is 16.5 Å². The Morgan fingerprint density at radius 2 is 2.18 bits per heavy atom. The van der Waals surface area contributed by atoms with E-state index in [4.69, 9.17) is 4.74 Å². The summed E-state index contributed by atoms with van der Waals surface area (Å²) in [4.78, 5) is 8.61. The maximum atomic E-state index is 5.80. The van der Waals surface area contributed by atoms with Crippen molar-refractivity contribution in [1.82, 2.24) is 9.97 Å². The summed E-state index contributed by atoms with van der Waals surface area (Å²) in [6, 6.07) is 2.33. The highest BCUT2D eigenvalue weighted by molar-refractivity contribution is 9.10. The van der Waals surface area contributed by atoms with E-state index in [2.05, 4.69) is 31.2 Å². The number of aryl methyl sites for hydroxylation is 1. The molecule has 1 aliphatic heterocycles. The molecule has 4 nitrogen and oxygen atoms in total. The van der Waals surface area contributed by atoms with Gasteiger partial charge in [-0.2, -0.15) is 0 Å². The van der Waals surface area contributed by atoms with E-state index in [1.54, 1.807) is 0 Å². The summed E-state index contributed by atoms with van der Waals surface area (Å²) < 4.78 is 6.63. The van der Waals surface area contributed by atoms with Crippen LogP contribution < -0.4 is 5.32 Å². The van der Waals surface area contributed by atoms with Gasteiger partial charge in [-0.15, -0.1) is 0 Å². The van der Waals surface area contributed by atoms with Crippen LogP contribution in [0.5, 0.6) is 0 Å². The van der Waals surface area contributed by atoms with Gasteiger partial charge in [-0.3, -0.25) is 0 Å². The molecule has 3 rings (SSSR count). The van der Waals surface area contributed by atoms with Crippen LogP contribution >= 0.6 is 15.9 Å². The fourth-order valence-electron chi connectivity index (χ4n) is 2.45. The topological polar surface area (TPSA) is 47.0 Å². The van der Waals surface area contributed by atoms with Gasteiger partial charge in [0.05, 0.1) is 12.1 Å². The normalized spacial score (nSPS) is 28.4. The minimum Gasteiger partial charge on any atom is -0.376 e. The molecule has 1 aliphatic carbocycles. The molecule has 0 bridgehead atoms. The molecule has 1 N–H and O–H groups in total. The minimum absolute atomic E-state index is 0.379. The van der Waals surface area contributed by atoms with E-state index in [0.29, 0.717) is 12.1 Å². The Kier molecular flexibility index (Phi) is 3.04. The molecular formula is C12H16BrN3O. The molecule has 2 fully saturated rings. The number of aromatic nitrogens is 2. The van der Waals surface area contributed by atoms with E-state index in [0.717, 1.165) is 35.2 Å². The summed E-state index contributed by atoms with van der Waals surface area (Å²) >= 11 is 3.40.